The summed E-state index contributed by atoms with van der Waals surface area (Å²) in [6, 6.07) is 14.8. The van der Waals surface area contributed by atoms with Gasteiger partial charge in [0.05, 0.1) is 11.6 Å². The third-order valence-corrected chi connectivity index (χ3v) is 3.74. The molecule has 0 heterocycles. The number of hydrogen-bond acceptors (Lipinski definition) is 3. The van der Waals surface area contributed by atoms with Crippen LogP contribution in [0.1, 0.15) is 16.7 Å². The first-order chi connectivity index (χ1) is 11.8. The zero-order chi connectivity index (χ0) is 18.5. The van der Waals surface area contributed by atoms with Gasteiger partial charge in [-0.05, 0) is 17.7 Å². The quantitative estimate of drug-likeness (QED) is 0.902. The van der Waals surface area contributed by atoms with E-state index in [0.717, 1.165) is 7.11 Å². The molecule has 0 aliphatic heterocycles. The molecule has 0 aliphatic rings. The van der Waals surface area contributed by atoms with E-state index < -0.39 is 17.7 Å². The number of carbonyl (C=O) groups excluding carboxylic acids is 1. The van der Waals surface area contributed by atoms with Gasteiger partial charge in [0.15, 0.2) is 0 Å². The fourth-order valence-corrected chi connectivity index (χ4v) is 2.43. The number of nitrogens with one attached hydrogen (secondary N) is 1. The Labute approximate surface area is 142 Å². The van der Waals surface area contributed by atoms with Crippen molar-refractivity contribution in [3.63, 3.8) is 0 Å². The Kier molecular flexibility index (Phi) is 5.45. The van der Waals surface area contributed by atoms with Crippen molar-refractivity contribution in [1.29, 1.82) is 5.26 Å². The summed E-state index contributed by atoms with van der Waals surface area (Å²) in [6.07, 6.45) is -4.95. The molecule has 0 aliphatic carbocycles. The first-order valence-corrected chi connectivity index (χ1v) is 7.30. The molecule has 4 nitrogen and oxygen atoms in total. The molecular weight excluding hydrogens is 333 g/mol. The van der Waals surface area contributed by atoms with Crippen LogP contribution in [0.3, 0.4) is 0 Å². The van der Waals surface area contributed by atoms with Crippen molar-refractivity contribution in [3.8, 4) is 6.07 Å². The standard InChI is InChI=1S/C18H15F3N2O2/c1-25-17(18(19,20)21,15-5-3-2-4-6-15)16(24)23-12-14-9-7-13(11-22)8-10-14/h2-10H,12H2,1H3,(H,23,24). The SMILES string of the molecule is COC(C(=O)NCc1ccc(C#N)cc1)(c1ccccc1)C(F)(F)F. The topological polar surface area (TPSA) is 62.1 Å². The fraction of sp³-hybridized carbons (Fsp3) is 0.222. The number of benzene rings is 2. The number of alkyl halides is 3. The highest BCUT2D eigenvalue weighted by atomic mass is 19.4. The minimum absolute atomic E-state index is 0.126. The van der Waals surface area contributed by atoms with E-state index in [-0.39, 0.29) is 12.1 Å². The maximum Gasteiger partial charge on any atom is 0.430 e. The van der Waals surface area contributed by atoms with Crippen molar-refractivity contribution in [1.82, 2.24) is 5.32 Å². The Morgan fingerprint density at radius 2 is 1.72 bits per heavy atom. The Balaban J connectivity index is 2.28. The Bertz CT molecular complexity index is 768. The molecule has 130 valence electrons. The van der Waals surface area contributed by atoms with Gasteiger partial charge in [-0.2, -0.15) is 18.4 Å². The fourth-order valence-electron chi connectivity index (χ4n) is 2.43. The number of methoxy groups -OCH3 is 1. The van der Waals surface area contributed by atoms with Crippen LogP contribution in [0.5, 0.6) is 0 Å². The van der Waals surface area contributed by atoms with Crippen LogP contribution in [0.25, 0.3) is 0 Å². The summed E-state index contributed by atoms with van der Waals surface area (Å²) >= 11 is 0. The summed E-state index contributed by atoms with van der Waals surface area (Å²) in [7, 11) is 0.849. The van der Waals surface area contributed by atoms with E-state index >= 15 is 0 Å². The first-order valence-electron chi connectivity index (χ1n) is 7.30. The lowest BCUT2D eigenvalue weighted by molar-refractivity contribution is -0.265. The number of ether oxygens (including phenoxy) is 1. The van der Waals surface area contributed by atoms with E-state index in [0.29, 0.717) is 11.1 Å². The Morgan fingerprint density at radius 1 is 1.12 bits per heavy atom. The van der Waals surface area contributed by atoms with Crippen LogP contribution < -0.4 is 5.32 Å². The van der Waals surface area contributed by atoms with Crippen LogP contribution in [-0.2, 0) is 21.7 Å². The zero-order valence-corrected chi connectivity index (χ0v) is 13.3. The van der Waals surface area contributed by atoms with Crippen LogP contribution in [0, 0.1) is 11.3 Å². The average Bonchev–Trinajstić information content (AvgIpc) is 2.61. The molecule has 0 aromatic heterocycles. The number of nitrogens with zero attached hydrogens (tertiary/aromatic N) is 1. The molecule has 1 unspecified atom stereocenters. The maximum absolute atomic E-state index is 13.7. The Hall–Kier alpha value is -2.85. The number of carbonyl (C=O) groups is 1. The van der Waals surface area contributed by atoms with Gasteiger partial charge in [0, 0.05) is 19.2 Å². The number of nitriles is 1. The molecule has 1 amide bonds. The highest BCUT2D eigenvalue weighted by molar-refractivity contribution is 5.87. The molecule has 0 spiro atoms. The largest absolute Gasteiger partial charge is 0.430 e. The molecule has 0 saturated carbocycles. The van der Waals surface area contributed by atoms with Crippen molar-refractivity contribution in [2.75, 3.05) is 7.11 Å². The van der Waals surface area contributed by atoms with Crippen molar-refractivity contribution < 1.29 is 22.7 Å². The highest BCUT2D eigenvalue weighted by Crippen LogP contribution is 2.42. The lowest BCUT2D eigenvalue weighted by Crippen LogP contribution is -2.55. The molecule has 1 atom stereocenters. The molecule has 1 N–H and O–H groups in total. The summed E-state index contributed by atoms with van der Waals surface area (Å²) < 4.78 is 45.8. The lowest BCUT2D eigenvalue weighted by atomic mass is 9.91. The zero-order valence-electron chi connectivity index (χ0n) is 13.3. The maximum atomic E-state index is 13.7. The summed E-state index contributed by atoms with van der Waals surface area (Å²) in [4.78, 5) is 12.4. The smallest absolute Gasteiger partial charge is 0.356 e. The predicted molar refractivity (Wildman–Crippen MR) is 84.2 cm³/mol. The second-order valence-electron chi connectivity index (χ2n) is 5.24. The molecule has 2 aromatic rings. The van der Waals surface area contributed by atoms with E-state index in [9.17, 15) is 18.0 Å². The van der Waals surface area contributed by atoms with E-state index in [1.54, 1.807) is 18.2 Å². The van der Waals surface area contributed by atoms with Crippen LogP contribution in [0.2, 0.25) is 0 Å². The third kappa shape index (κ3) is 3.64. The number of halogens is 3. The summed E-state index contributed by atoms with van der Waals surface area (Å²) in [5, 5.41) is 11.0. The number of amides is 1. The van der Waals surface area contributed by atoms with Crippen molar-refractivity contribution in [3.05, 3.63) is 71.3 Å². The van der Waals surface area contributed by atoms with E-state index in [2.05, 4.69) is 5.32 Å². The first kappa shape index (κ1) is 18.5. The van der Waals surface area contributed by atoms with Gasteiger partial charge in [0.2, 0.25) is 0 Å². The van der Waals surface area contributed by atoms with Crippen LogP contribution in [-0.4, -0.2) is 19.2 Å². The average molecular weight is 348 g/mol. The molecule has 0 fully saturated rings. The van der Waals surface area contributed by atoms with Crippen molar-refractivity contribution in [2.24, 2.45) is 0 Å². The van der Waals surface area contributed by atoms with Gasteiger partial charge in [0.1, 0.15) is 0 Å². The van der Waals surface area contributed by atoms with Crippen LogP contribution in [0.15, 0.2) is 54.6 Å². The predicted octanol–water partition coefficient (Wildman–Crippen LogP) is 3.28. The third-order valence-electron chi connectivity index (χ3n) is 3.74. The van der Waals surface area contributed by atoms with Gasteiger partial charge in [-0.3, -0.25) is 4.79 Å². The van der Waals surface area contributed by atoms with Crippen LogP contribution >= 0.6 is 0 Å². The normalized spacial score (nSPS) is 13.6. The second-order valence-corrected chi connectivity index (χ2v) is 5.24. The minimum Gasteiger partial charge on any atom is -0.356 e. The number of hydrogen-bond donors (Lipinski definition) is 1. The number of rotatable bonds is 5. The molecule has 7 heteroatoms. The van der Waals surface area contributed by atoms with Gasteiger partial charge in [-0.15, -0.1) is 0 Å². The molecule has 0 bridgehead atoms. The van der Waals surface area contributed by atoms with Crippen LogP contribution in [0.4, 0.5) is 13.2 Å². The highest BCUT2D eigenvalue weighted by Gasteiger charge is 2.62. The summed E-state index contributed by atoms with van der Waals surface area (Å²) in [5.74, 6) is -1.31. The second kappa shape index (κ2) is 7.36. The Morgan fingerprint density at radius 3 is 2.20 bits per heavy atom. The molecule has 2 rings (SSSR count). The lowest BCUT2D eigenvalue weighted by Gasteiger charge is -2.33. The van der Waals surface area contributed by atoms with Gasteiger partial charge < -0.3 is 10.1 Å². The van der Waals surface area contributed by atoms with Crippen molar-refractivity contribution in [2.45, 2.75) is 18.3 Å². The summed E-state index contributed by atoms with van der Waals surface area (Å²) in [6.45, 7) is -0.126. The van der Waals surface area contributed by atoms with Gasteiger partial charge in [-0.1, -0.05) is 42.5 Å². The molecule has 2 aromatic carbocycles. The molecule has 0 radical (unpaired) electrons. The minimum atomic E-state index is -4.95. The van der Waals surface area contributed by atoms with Gasteiger partial charge in [-0.25, -0.2) is 0 Å². The summed E-state index contributed by atoms with van der Waals surface area (Å²) in [5.41, 5.74) is -2.42. The van der Waals surface area contributed by atoms with Gasteiger partial charge >= 0.3 is 6.18 Å². The van der Waals surface area contributed by atoms with E-state index in [4.69, 9.17) is 10.00 Å². The van der Waals surface area contributed by atoms with Crippen molar-refractivity contribution >= 4 is 5.91 Å². The monoisotopic (exact) mass is 348 g/mol. The molecule has 25 heavy (non-hydrogen) atoms. The van der Waals surface area contributed by atoms with E-state index in [1.807, 2.05) is 6.07 Å². The molecule has 0 saturated heterocycles. The molecular formula is C18H15F3N2O2. The van der Waals surface area contributed by atoms with Gasteiger partial charge in [0.25, 0.3) is 11.5 Å². The van der Waals surface area contributed by atoms with E-state index in [1.165, 1.54) is 36.4 Å².